The van der Waals surface area contributed by atoms with Gasteiger partial charge in [0.1, 0.15) is 0 Å². The minimum atomic E-state index is 0.0247. The predicted octanol–water partition coefficient (Wildman–Crippen LogP) is -0.129. The van der Waals surface area contributed by atoms with Gasteiger partial charge in [-0.15, -0.1) is 0 Å². The highest BCUT2D eigenvalue weighted by Crippen LogP contribution is 1.82. The third-order valence-corrected chi connectivity index (χ3v) is 1.13. The van der Waals surface area contributed by atoms with Gasteiger partial charge in [0.25, 0.3) is 0 Å². The fourth-order valence-electron chi connectivity index (χ4n) is 0.615. The first-order chi connectivity index (χ1) is 4.20. The van der Waals surface area contributed by atoms with E-state index in [0.29, 0.717) is 5.56 Å². The summed E-state index contributed by atoms with van der Waals surface area (Å²) in [6, 6.07) is 1.44. The molecule has 0 atom stereocenters. The second-order valence-electron chi connectivity index (χ2n) is 1.94. The van der Waals surface area contributed by atoms with E-state index in [4.69, 9.17) is 5.84 Å². The lowest BCUT2D eigenvalue weighted by Gasteiger charge is -1.95. The van der Waals surface area contributed by atoms with Crippen LogP contribution in [0.25, 0.3) is 0 Å². The highest BCUT2D eigenvalue weighted by atomic mass is 16.1. The van der Waals surface area contributed by atoms with Crippen LogP contribution in [0, 0.1) is 6.92 Å². The molecule has 0 aromatic carbocycles. The summed E-state index contributed by atoms with van der Waals surface area (Å²) < 4.78 is 1.36. The van der Waals surface area contributed by atoms with Gasteiger partial charge in [-0.1, -0.05) is 0 Å². The number of nitrogens with zero attached hydrogens (tertiary/aromatic N) is 1. The van der Waals surface area contributed by atoms with Crippen LogP contribution in [-0.4, -0.2) is 4.68 Å². The first-order valence-corrected chi connectivity index (χ1v) is 2.64. The van der Waals surface area contributed by atoms with Crippen LogP contribution in [0.3, 0.4) is 0 Å². The summed E-state index contributed by atoms with van der Waals surface area (Å²) in [5.74, 6) is 5.31. The summed E-state index contributed by atoms with van der Waals surface area (Å²) in [6.45, 7) is 1.73. The molecule has 0 aliphatic heterocycles. The van der Waals surface area contributed by atoms with Gasteiger partial charge in [-0.25, -0.2) is 0 Å². The summed E-state index contributed by atoms with van der Waals surface area (Å²) in [4.78, 5) is 10.7. The zero-order valence-electron chi connectivity index (χ0n) is 5.16. The molecule has 1 rings (SSSR count). The predicted molar refractivity (Wildman–Crippen MR) is 35.6 cm³/mol. The van der Waals surface area contributed by atoms with Crippen molar-refractivity contribution in [3.05, 3.63) is 34.2 Å². The minimum Gasteiger partial charge on any atom is -0.340 e. The molecule has 3 heteroatoms. The number of nitrogens with two attached hydrogens (primary N) is 1. The van der Waals surface area contributed by atoms with E-state index in [-0.39, 0.29) is 5.43 Å². The SMILES string of the molecule is Cc1cn(N)ccc1=O. The maximum atomic E-state index is 10.7. The average Bonchev–Trinajstić information content (AvgIpc) is 1.80. The lowest BCUT2D eigenvalue weighted by atomic mass is 10.3. The number of rotatable bonds is 0. The van der Waals surface area contributed by atoms with Crippen molar-refractivity contribution in [2.75, 3.05) is 5.84 Å². The molecule has 0 radical (unpaired) electrons. The topological polar surface area (TPSA) is 48.0 Å². The molecule has 0 bridgehead atoms. The Morgan fingerprint density at radius 1 is 1.67 bits per heavy atom. The molecule has 0 aliphatic carbocycles. The highest BCUT2D eigenvalue weighted by molar-refractivity contribution is 5.07. The lowest BCUT2D eigenvalue weighted by Crippen LogP contribution is -2.13. The van der Waals surface area contributed by atoms with Gasteiger partial charge in [-0.2, -0.15) is 0 Å². The van der Waals surface area contributed by atoms with Crippen LogP contribution in [-0.2, 0) is 0 Å². The van der Waals surface area contributed by atoms with Crippen molar-refractivity contribution in [2.45, 2.75) is 6.92 Å². The largest absolute Gasteiger partial charge is 0.340 e. The quantitative estimate of drug-likeness (QED) is 0.490. The van der Waals surface area contributed by atoms with E-state index >= 15 is 0 Å². The Bertz CT molecular complexity index is 264. The van der Waals surface area contributed by atoms with Crippen LogP contribution in [0.15, 0.2) is 23.3 Å². The number of hydrogen-bond acceptors (Lipinski definition) is 2. The Hall–Kier alpha value is -1.25. The van der Waals surface area contributed by atoms with Gasteiger partial charge in [-0.3, -0.25) is 9.47 Å². The molecular weight excluding hydrogens is 116 g/mol. The fraction of sp³-hybridized carbons (Fsp3) is 0.167. The van der Waals surface area contributed by atoms with Crippen LogP contribution >= 0.6 is 0 Å². The lowest BCUT2D eigenvalue weighted by molar-refractivity contribution is 0.967. The second kappa shape index (κ2) is 1.93. The van der Waals surface area contributed by atoms with Crippen molar-refractivity contribution in [3.8, 4) is 0 Å². The molecule has 0 aliphatic rings. The maximum absolute atomic E-state index is 10.7. The molecule has 0 amide bonds. The Morgan fingerprint density at radius 3 is 2.78 bits per heavy atom. The van der Waals surface area contributed by atoms with E-state index in [9.17, 15) is 4.79 Å². The zero-order valence-corrected chi connectivity index (χ0v) is 5.16. The molecule has 0 saturated carbocycles. The molecule has 0 spiro atoms. The Morgan fingerprint density at radius 2 is 2.33 bits per heavy atom. The van der Waals surface area contributed by atoms with Gasteiger partial charge < -0.3 is 5.84 Å². The third kappa shape index (κ3) is 1.10. The van der Waals surface area contributed by atoms with E-state index in [2.05, 4.69) is 0 Å². The molecule has 1 aromatic heterocycles. The number of aryl methyl sites for hydroxylation is 1. The van der Waals surface area contributed by atoms with Crippen LogP contribution in [0.5, 0.6) is 0 Å². The van der Waals surface area contributed by atoms with E-state index in [1.165, 1.54) is 16.9 Å². The monoisotopic (exact) mass is 124 g/mol. The van der Waals surface area contributed by atoms with Crippen molar-refractivity contribution in [1.29, 1.82) is 0 Å². The summed E-state index contributed by atoms with van der Waals surface area (Å²) in [5, 5.41) is 0. The van der Waals surface area contributed by atoms with Gasteiger partial charge >= 0.3 is 0 Å². The van der Waals surface area contributed by atoms with Gasteiger partial charge in [-0.05, 0) is 6.92 Å². The van der Waals surface area contributed by atoms with Crippen molar-refractivity contribution >= 4 is 0 Å². The van der Waals surface area contributed by atoms with Gasteiger partial charge in [0.2, 0.25) is 0 Å². The van der Waals surface area contributed by atoms with Crippen LogP contribution < -0.4 is 11.3 Å². The van der Waals surface area contributed by atoms with E-state index < -0.39 is 0 Å². The minimum absolute atomic E-state index is 0.0247. The van der Waals surface area contributed by atoms with Crippen molar-refractivity contribution < 1.29 is 0 Å². The number of hydrogen-bond donors (Lipinski definition) is 1. The Kier molecular flexibility index (Phi) is 1.26. The van der Waals surface area contributed by atoms with Crippen LogP contribution in [0.2, 0.25) is 0 Å². The molecule has 9 heavy (non-hydrogen) atoms. The Balaban J connectivity index is 3.34. The fourth-order valence-corrected chi connectivity index (χ4v) is 0.615. The van der Waals surface area contributed by atoms with Crippen molar-refractivity contribution in [1.82, 2.24) is 4.68 Å². The smallest absolute Gasteiger partial charge is 0.184 e. The standard InChI is InChI=1S/C6H8N2O/c1-5-4-8(7)3-2-6(5)9/h2-4H,7H2,1H3. The normalized spacial score (nSPS) is 9.44. The molecule has 2 N–H and O–H groups in total. The van der Waals surface area contributed by atoms with Gasteiger partial charge in [0.15, 0.2) is 5.43 Å². The third-order valence-electron chi connectivity index (χ3n) is 1.13. The van der Waals surface area contributed by atoms with E-state index in [1.54, 1.807) is 13.1 Å². The van der Waals surface area contributed by atoms with Gasteiger partial charge in [0, 0.05) is 24.0 Å². The van der Waals surface area contributed by atoms with Crippen LogP contribution in [0.1, 0.15) is 5.56 Å². The first-order valence-electron chi connectivity index (χ1n) is 2.64. The highest BCUT2D eigenvalue weighted by Gasteiger charge is 1.88. The number of aromatic nitrogens is 1. The molecule has 0 saturated heterocycles. The Labute approximate surface area is 52.7 Å². The van der Waals surface area contributed by atoms with E-state index in [1.807, 2.05) is 0 Å². The summed E-state index contributed by atoms with van der Waals surface area (Å²) >= 11 is 0. The molecule has 48 valence electrons. The molecule has 3 nitrogen and oxygen atoms in total. The molecule has 1 heterocycles. The number of nitrogen functional groups attached to an aromatic ring is 1. The van der Waals surface area contributed by atoms with Crippen molar-refractivity contribution in [2.24, 2.45) is 0 Å². The van der Waals surface area contributed by atoms with Crippen molar-refractivity contribution in [3.63, 3.8) is 0 Å². The maximum Gasteiger partial charge on any atom is 0.184 e. The molecule has 1 aromatic rings. The first kappa shape index (κ1) is 5.88. The van der Waals surface area contributed by atoms with E-state index in [0.717, 1.165) is 0 Å². The molecule has 0 fully saturated rings. The van der Waals surface area contributed by atoms with Crippen LogP contribution in [0.4, 0.5) is 0 Å². The summed E-state index contributed by atoms with van der Waals surface area (Å²) in [5.41, 5.74) is 0.691. The zero-order chi connectivity index (χ0) is 6.85. The molecular formula is C6H8N2O. The average molecular weight is 124 g/mol. The second-order valence-corrected chi connectivity index (χ2v) is 1.94. The summed E-state index contributed by atoms with van der Waals surface area (Å²) in [6.07, 6.45) is 3.11. The van der Waals surface area contributed by atoms with Gasteiger partial charge in [0.05, 0.1) is 0 Å². The number of pyridine rings is 1. The molecule has 0 unspecified atom stereocenters. The summed E-state index contributed by atoms with van der Waals surface area (Å²) in [7, 11) is 0.